The van der Waals surface area contributed by atoms with Crippen molar-refractivity contribution >= 4 is 5.97 Å². The minimum atomic E-state index is -0.251. The lowest BCUT2D eigenvalue weighted by Gasteiger charge is -2.10. The summed E-state index contributed by atoms with van der Waals surface area (Å²) in [6.45, 7) is 4.91. The van der Waals surface area contributed by atoms with Crippen LogP contribution in [0.1, 0.15) is 171 Å². The second-order valence-corrected chi connectivity index (χ2v) is 10.8. The number of rotatable bonds is 25. The molecule has 3 heteroatoms. The first-order valence-corrected chi connectivity index (χ1v) is 15.7. The van der Waals surface area contributed by atoms with Crippen LogP contribution >= 0.6 is 0 Å². The lowest BCUT2D eigenvalue weighted by Crippen LogP contribution is -2.09. The summed E-state index contributed by atoms with van der Waals surface area (Å²) in [5.41, 5.74) is 1.50. The average molecular weight is 503 g/mol. The molecule has 0 aliphatic carbocycles. The molecule has 0 bridgehead atoms. The Labute approximate surface area is 223 Å². The van der Waals surface area contributed by atoms with Gasteiger partial charge in [0.2, 0.25) is 0 Å². The SMILES string of the molecule is CCCCCCCCCCCCCCCCCCCCCCOC(=O)c1ccc(O)cc1CCCC. The highest BCUT2D eigenvalue weighted by Crippen LogP contribution is 2.20. The topological polar surface area (TPSA) is 46.5 Å². The zero-order valence-electron chi connectivity index (χ0n) is 24.0. The molecule has 0 fully saturated rings. The maximum atomic E-state index is 12.4. The van der Waals surface area contributed by atoms with Gasteiger partial charge in [0.25, 0.3) is 0 Å². The van der Waals surface area contributed by atoms with Gasteiger partial charge in [-0.15, -0.1) is 0 Å². The number of carbonyl (C=O) groups excluding carboxylic acids is 1. The molecular weight excluding hydrogens is 444 g/mol. The maximum Gasteiger partial charge on any atom is 0.338 e. The number of benzene rings is 1. The minimum absolute atomic E-state index is 0.215. The molecule has 0 amide bonds. The fourth-order valence-electron chi connectivity index (χ4n) is 4.95. The molecule has 0 spiro atoms. The molecule has 3 nitrogen and oxygen atoms in total. The van der Waals surface area contributed by atoms with Crippen molar-refractivity contribution in [2.75, 3.05) is 6.61 Å². The van der Waals surface area contributed by atoms with Crippen molar-refractivity contribution in [2.24, 2.45) is 0 Å². The number of hydrogen-bond donors (Lipinski definition) is 1. The van der Waals surface area contributed by atoms with Crippen molar-refractivity contribution in [2.45, 2.75) is 162 Å². The second kappa shape index (κ2) is 23.9. The monoisotopic (exact) mass is 502 g/mol. The van der Waals surface area contributed by atoms with Crippen molar-refractivity contribution in [3.05, 3.63) is 29.3 Å². The molecule has 36 heavy (non-hydrogen) atoms. The zero-order chi connectivity index (χ0) is 26.1. The third-order valence-corrected chi connectivity index (χ3v) is 7.34. The van der Waals surface area contributed by atoms with Gasteiger partial charge in [-0.25, -0.2) is 4.79 Å². The first-order valence-electron chi connectivity index (χ1n) is 15.7. The highest BCUT2D eigenvalue weighted by atomic mass is 16.5. The number of aromatic hydroxyl groups is 1. The summed E-state index contributed by atoms with van der Waals surface area (Å²) >= 11 is 0. The quantitative estimate of drug-likeness (QED) is 0.107. The summed E-state index contributed by atoms with van der Waals surface area (Å²) in [5.74, 6) is -0.0364. The fraction of sp³-hybridized carbons (Fsp3) is 0.788. The number of esters is 1. The number of aryl methyl sites for hydroxylation is 1. The third-order valence-electron chi connectivity index (χ3n) is 7.34. The molecule has 0 aliphatic rings. The highest BCUT2D eigenvalue weighted by molar-refractivity contribution is 5.91. The Bertz CT molecular complexity index is 640. The van der Waals surface area contributed by atoms with E-state index in [2.05, 4.69) is 13.8 Å². The van der Waals surface area contributed by atoms with Crippen molar-refractivity contribution in [1.29, 1.82) is 0 Å². The van der Waals surface area contributed by atoms with E-state index in [9.17, 15) is 9.90 Å². The Kier molecular flexibility index (Phi) is 21.6. The summed E-state index contributed by atoms with van der Waals surface area (Å²) in [7, 11) is 0. The van der Waals surface area contributed by atoms with E-state index in [4.69, 9.17) is 4.74 Å². The lowest BCUT2D eigenvalue weighted by molar-refractivity contribution is 0.0496. The molecule has 1 rings (SSSR count). The van der Waals surface area contributed by atoms with Crippen molar-refractivity contribution in [3.8, 4) is 5.75 Å². The van der Waals surface area contributed by atoms with Gasteiger partial charge in [0.1, 0.15) is 5.75 Å². The van der Waals surface area contributed by atoms with Crippen LogP contribution in [0.25, 0.3) is 0 Å². The van der Waals surface area contributed by atoms with E-state index >= 15 is 0 Å². The first kappa shape index (κ1) is 32.5. The molecular formula is C33H58O3. The molecule has 1 N–H and O–H groups in total. The van der Waals surface area contributed by atoms with Gasteiger partial charge in [-0.3, -0.25) is 0 Å². The van der Waals surface area contributed by atoms with Gasteiger partial charge in [-0.1, -0.05) is 142 Å². The maximum absolute atomic E-state index is 12.4. The molecule has 0 heterocycles. The predicted octanol–water partition coefficient (Wildman–Crippen LogP) is 10.7. The van der Waals surface area contributed by atoms with E-state index in [1.165, 1.54) is 116 Å². The van der Waals surface area contributed by atoms with Crippen molar-refractivity contribution in [1.82, 2.24) is 0 Å². The van der Waals surface area contributed by atoms with Crippen LogP contribution in [0.4, 0.5) is 0 Å². The Morgan fingerprint density at radius 3 is 1.47 bits per heavy atom. The summed E-state index contributed by atoms with van der Waals surface area (Å²) in [6, 6.07) is 4.97. The number of hydrogen-bond acceptors (Lipinski definition) is 3. The molecule has 0 atom stereocenters. The number of phenols is 1. The molecule has 208 valence electrons. The van der Waals surface area contributed by atoms with Gasteiger partial charge < -0.3 is 9.84 Å². The van der Waals surface area contributed by atoms with Gasteiger partial charge >= 0.3 is 5.97 Å². The van der Waals surface area contributed by atoms with Crippen LogP contribution in [0.15, 0.2) is 18.2 Å². The van der Waals surface area contributed by atoms with Crippen LogP contribution in [0.3, 0.4) is 0 Å². The van der Waals surface area contributed by atoms with Gasteiger partial charge in [0, 0.05) is 0 Å². The van der Waals surface area contributed by atoms with Gasteiger partial charge in [-0.05, 0) is 43.0 Å². The predicted molar refractivity (Wildman–Crippen MR) is 155 cm³/mol. The minimum Gasteiger partial charge on any atom is -0.508 e. The molecule has 0 saturated carbocycles. The van der Waals surface area contributed by atoms with Crippen LogP contribution in [0.5, 0.6) is 5.75 Å². The van der Waals surface area contributed by atoms with Gasteiger partial charge in [0.05, 0.1) is 12.2 Å². The normalized spacial score (nSPS) is 11.2. The number of ether oxygens (including phenoxy) is 1. The van der Waals surface area contributed by atoms with E-state index in [0.29, 0.717) is 12.2 Å². The smallest absolute Gasteiger partial charge is 0.338 e. The molecule has 1 aromatic rings. The zero-order valence-corrected chi connectivity index (χ0v) is 24.0. The van der Waals surface area contributed by atoms with E-state index < -0.39 is 0 Å². The molecule has 0 aliphatic heterocycles. The Morgan fingerprint density at radius 2 is 1.03 bits per heavy atom. The Balaban J connectivity index is 1.87. The second-order valence-electron chi connectivity index (χ2n) is 10.8. The Hall–Kier alpha value is -1.51. The third kappa shape index (κ3) is 17.8. The summed E-state index contributed by atoms with van der Waals surface area (Å²) in [4.78, 5) is 12.4. The van der Waals surface area contributed by atoms with Crippen LogP contribution in [-0.4, -0.2) is 17.7 Å². The molecule has 0 unspecified atom stereocenters. The summed E-state index contributed by atoms with van der Waals surface area (Å²) in [5, 5.41) is 9.72. The van der Waals surface area contributed by atoms with Crippen LogP contribution < -0.4 is 0 Å². The van der Waals surface area contributed by atoms with E-state index in [1.807, 2.05) is 0 Å². The summed E-state index contributed by atoms with van der Waals surface area (Å²) < 4.78 is 5.51. The largest absolute Gasteiger partial charge is 0.508 e. The average Bonchev–Trinajstić information content (AvgIpc) is 2.88. The highest BCUT2D eigenvalue weighted by Gasteiger charge is 2.13. The molecule has 0 aromatic heterocycles. The van der Waals surface area contributed by atoms with Gasteiger partial charge in [0.15, 0.2) is 0 Å². The van der Waals surface area contributed by atoms with Crippen LogP contribution in [-0.2, 0) is 11.2 Å². The van der Waals surface area contributed by atoms with Crippen molar-refractivity contribution in [3.63, 3.8) is 0 Å². The number of unbranched alkanes of at least 4 members (excludes halogenated alkanes) is 20. The summed E-state index contributed by atoms with van der Waals surface area (Å²) in [6.07, 6.45) is 30.2. The molecule has 1 aromatic carbocycles. The Morgan fingerprint density at radius 1 is 0.611 bits per heavy atom. The van der Waals surface area contributed by atoms with E-state index in [1.54, 1.807) is 18.2 Å². The molecule has 0 saturated heterocycles. The molecule has 0 radical (unpaired) electrons. The number of carbonyl (C=O) groups is 1. The first-order chi connectivity index (χ1) is 17.7. The van der Waals surface area contributed by atoms with Crippen molar-refractivity contribution < 1.29 is 14.6 Å². The standard InChI is InChI=1S/C33H58O3/c1-3-5-7-8-9-10-11-12-13-14-15-16-17-18-19-20-21-22-23-24-28-36-33(35)32-27-26-31(34)29-30(32)25-6-4-2/h26-27,29,34H,3-25,28H2,1-2H3. The lowest BCUT2D eigenvalue weighted by atomic mass is 10.0. The van der Waals surface area contributed by atoms with Gasteiger partial charge in [-0.2, -0.15) is 0 Å². The van der Waals surface area contributed by atoms with E-state index in [0.717, 1.165) is 37.7 Å². The van der Waals surface area contributed by atoms with Crippen LogP contribution in [0, 0.1) is 0 Å². The fourth-order valence-corrected chi connectivity index (χ4v) is 4.95. The van der Waals surface area contributed by atoms with Crippen LogP contribution in [0.2, 0.25) is 0 Å². The van der Waals surface area contributed by atoms with E-state index in [-0.39, 0.29) is 11.7 Å². The number of phenolic OH excluding ortho intramolecular Hbond substituents is 1.